The molecule has 0 saturated heterocycles. The Labute approximate surface area is 236 Å². The Bertz CT molecular complexity index is 896. The van der Waals surface area contributed by atoms with Crippen molar-refractivity contribution in [3.05, 3.63) is 36.0 Å². The van der Waals surface area contributed by atoms with Crippen molar-refractivity contribution in [1.82, 2.24) is 0 Å². The van der Waals surface area contributed by atoms with Crippen molar-refractivity contribution in [2.24, 2.45) is 35.0 Å². The smallest absolute Gasteiger partial charge is 0.192 e. The molecule has 0 unspecified atom stereocenters. The fourth-order valence-corrected chi connectivity index (χ4v) is 8.89. The predicted molar refractivity (Wildman–Crippen MR) is 165 cm³/mol. The van der Waals surface area contributed by atoms with Gasteiger partial charge in [0.15, 0.2) is 8.32 Å². The molecule has 0 amide bonds. The number of aliphatic hydroxyl groups is 2. The number of hydrogen-bond donors (Lipinski definition) is 2. The van der Waals surface area contributed by atoms with Gasteiger partial charge in [-0.05, 0) is 116 Å². The third-order valence-corrected chi connectivity index (χ3v) is 16.1. The zero-order chi connectivity index (χ0) is 28.7. The van der Waals surface area contributed by atoms with E-state index in [1.165, 1.54) is 0 Å². The highest BCUT2D eigenvalue weighted by molar-refractivity contribution is 6.74. The van der Waals surface area contributed by atoms with Crippen LogP contribution in [-0.2, 0) is 4.43 Å². The zero-order valence-corrected chi connectivity index (χ0v) is 27.4. The molecule has 3 aliphatic rings. The molecule has 3 fully saturated rings. The van der Waals surface area contributed by atoms with E-state index in [0.717, 1.165) is 56.1 Å². The SMILES string of the molecule is C=C1CC[C@H](O[Si](C)(C)C(C)(C)C)C/C1=C/[C@@H](O)[C@@]1(O)CCC[C@]2(C)[C@@H]([C@H](C)/C=C/[C@H](C)C(C)C)CC[C@H]21. The van der Waals surface area contributed by atoms with E-state index < -0.39 is 20.0 Å². The lowest BCUT2D eigenvalue weighted by Gasteiger charge is -2.52. The van der Waals surface area contributed by atoms with Crippen LogP contribution >= 0.6 is 0 Å². The summed E-state index contributed by atoms with van der Waals surface area (Å²) in [5, 5.41) is 24.0. The van der Waals surface area contributed by atoms with E-state index in [4.69, 9.17) is 4.43 Å². The molecule has 0 radical (unpaired) electrons. The maximum absolute atomic E-state index is 12.2. The van der Waals surface area contributed by atoms with Gasteiger partial charge in [0.05, 0.1) is 5.60 Å². The first-order chi connectivity index (χ1) is 17.4. The third kappa shape index (κ3) is 6.45. The van der Waals surface area contributed by atoms with E-state index in [1.54, 1.807) is 0 Å². The van der Waals surface area contributed by atoms with Crippen LogP contribution in [0.15, 0.2) is 36.0 Å². The van der Waals surface area contributed by atoms with Crippen LogP contribution in [0.3, 0.4) is 0 Å². The number of aliphatic hydroxyl groups excluding tert-OH is 1. The van der Waals surface area contributed by atoms with E-state index in [9.17, 15) is 10.2 Å². The van der Waals surface area contributed by atoms with Crippen molar-refractivity contribution in [2.45, 2.75) is 143 Å². The van der Waals surface area contributed by atoms with Crippen molar-refractivity contribution in [1.29, 1.82) is 0 Å². The summed E-state index contributed by atoms with van der Waals surface area (Å²) < 4.78 is 6.76. The molecule has 3 rings (SSSR count). The summed E-state index contributed by atoms with van der Waals surface area (Å²) in [6.07, 6.45) is 13.7. The second-order valence-corrected chi connectivity index (χ2v) is 20.2. The first-order valence-electron chi connectivity index (χ1n) is 15.6. The highest BCUT2D eigenvalue weighted by Crippen LogP contribution is 2.61. The number of fused-ring (bicyclic) bond motifs is 1. The van der Waals surface area contributed by atoms with E-state index in [0.29, 0.717) is 30.1 Å². The lowest BCUT2D eigenvalue weighted by Crippen LogP contribution is -2.56. The van der Waals surface area contributed by atoms with Crippen molar-refractivity contribution >= 4 is 8.32 Å². The average molecular weight is 545 g/mol. The van der Waals surface area contributed by atoms with Gasteiger partial charge in [-0.2, -0.15) is 0 Å². The molecule has 0 aromatic heterocycles. The van der Waals surface area contributed by atoms with Crippen LogP contribution in [-0.4, -0.2) is 36.3 Å². The van der Waals surface area contributed by atoms with Gasteiger partial charge >= 0.3 is 0 Å². The second kappa shape index (κ2) is 11.7. The zero-order valence-electron chi connectivity index (χ0n) is 26.4. The summed E-state index contributed by atoms with van der Waals surface area (Å²) in [6, 6.07) is 0. The van der Waals surface area contributed by atoms with Crippen molar-refractivity contribution < 1.29 is 14.6 Å². The van der Waals surface area contributed by atoms with Gasteiger partial charge in [0.2, 0.25) is 0 Å². The Hall–Kier alpha value is -0.683. The van der Waals surface area contributed by atoms with E-state index in [1.807, 2.05) is 6.08 Å². The molecule has 0 aromatic carbocycles. The Morgan fingerprint density at radius 3 is 2.32 bits per heavy atom. The molecule has 0 bridgehead atoms. The topological polar surface area (TPSA) is 49.7 Å². The van der Waals surface area contributed by atoms with Gasteiger partial charge < -0.3 is 14.6 Å². The summed E-state index contributed by atoms with van der Waals surface area (Å²) >= 11 is 0. The largest absolute Gasteiger partial charge is 0.414 e. The summed E-state index contributed by atoms with van der Waals surface area (Å²) in [5.74, 6) is 2.37. The molecule has 8 atom stereocenters. The molecule has 0 heterocycles. The Morgan fingerprint density at radius 1 is 1.05 bits per heavy atom. The van der Waals surface area contributed by atoms with Crippen molar-refractivity contribution in [2.75, 3.05) is 0 Å². The van der Waals surface area contributed by atoms with Crippen LogP contribution in [0.2, 0.25) is 18.1 Å². The molecular weight excluding hydrogens is 484 g/mol. The fourth-order valence-electron chi connectivity index (χ4n) is 7.50. The van der Waals surface area contributed by atoms with Crippen LogP contribution in [0, 0.1) is 35.0 Å². The van der Waals surface area contributed by atoms with Crippen LogP contribution in [0.5, 0.6) is 0 Å². The van der Waals surface area contributed by atoms with Crippen molar-refractivity contribution in [3.8, 4) is 0 Å². The molecule has 3 saturated carbocycles. The summed E-state index contributed by atoms with van der Waals surface area (Å²) in [4.78, 5) is 0. The normalized spacial score (nSPS) is 36.6. The summed E-state index contributed by atoms with van der Waals surface area (Å²) in [7, 11) is -1.87. The van der Waals surface area contributed by atoms with Gasteiger partial charge in [-0.3, -0.25) is 0 Å². The highest BCUT2D eigenvalue weighted by atomic mass is 28.4. The Kier molecular flexibility index (Phi) is 9.77. The molecule has 3 nitrogen and oxygen atoms in total. The minimum atomic E-state index is -1.87. The first kappa shape index (κ1) is 31.8. The fraction of sp³-hybridized carbons (Fsp3) is 0.824. The lowest BCUT2D eigenvalue weighted by atomic mass is 9.56. The van der Waals surface area contributed by atoms with Crippen LogP contribution in [0.1, 0.15) is 107 Å². The van der Waals surface area contributed by atoms with E-state index in [-0.39, 0.29) is 22.5 Å². The van der Waals surface area contributed by atoms with Gasteiger partial charge in [0, 0.05) is 6.10 Å². The van der Waals surface area contributed by atoms with Gasteiger partial charge in [0.25, 0.3) is 0 Å². The third-order valence-electron chi connectivity index (χ3n) is 11.5. The van der Waals surface area contributed by atoms with Crippen LogP contribution in [0.4, 0.5) is 0 Å². The Balaban J connectivity index is 1.78. The highest BCUT2D eigenvalue weighted by Gasteiger charge is 2.59. The molecular formula is C34H60O3Si. The second-order valence-electron chi connectivity index (χ2n) is 15.4. The van der Waals surface area contributed by atoms with Crippen LogP contribution in [0.25, 0.3) is 0 Å². The van der Waals surface area contributed by atoms with E-state index >= 15 is 0 Å². The maximum atomic E-state index is 12.2. The maximum Gasteiger partial charge on any atom is 0.192 e. The molecule has 0 spiro atoms. The Morgan fingerprint density at radius 2 is 1.71 bits per heavy atom. The number of allylic oxidation sites excluding steroid dienone is 3. The first-order valence-corrected chi connectivity index (χ1v) is 18.5. The number of hydrogen-bond acceptors (Lipinski definition) is 3. The molecule has 4 heteroatoms. The number of rotatable bonds is 8. The predicted octanol–water partition coefficient (Wildman–Crippen LogP) is 8.84. The van der Waals surface area contributed by atoms with Gasteiger partial charge in [-0.15, -0.1) is 0 Å². The summed E-state index contributed by atoms with van der Waals surface area (Å²) in [5.41, 5.74) is 1.18. The molecule has 38 heavy (non-hydrogen) atoms. The molecule has 2 N–H and O–H groups in total. The van der Waals surface area contributed by atoms with Crippen LogP contribution < -0.4 is 0 Å². The monoisotopic (exact) mass is 544 g/mol. The van der Waals surface area contributed by atoms with Gasteiger partial charge in [-0.25, -0.2) is 0 Å². The molecule has 3 aliphatic carbocycles. The van der Waals surface area contributed by atoms with Gasteiger partial charge in [-0.1, -0.05) is 79.7 Å². The van der Waals surface area contributed by atoms with E-state index in [2.05, 4.69) is 87.2 Å². The van der Waals surface area contributed by atoms with Crippen molar-refractivity contribution in [3.63, 3.8) is 0 Å². The molecule has 0 aromatic rings. The minimum absolute atomic E-state index is 0.0505. The summed E-state index contributed by atoms with van der Waals surface area (Å²) in [6.45, 7) is 27.5. The molecule has 218 valence electrons. The lowest BCUT2D eigenvalue weighted by molar-refractivity contribution is -0.155. The standard InChI is InChI=1S/C34H60O3Si/c1-23(2)24(3)13-14-26(5)29-17-18-30-33(29,9)19-12-20-34(30,36)31(35)22-27-21-28(16-15-25(27)4)37-38(10,11)32(6,7)8/h13-14,22-24,26,28-31,35-36H,4,12,15-21H2,1-3,5-11H3/b14-13+,27-22-/t24-,26+,28-,29+,30+,31+,33+,34+/m0/s1. The van der Waals surface area contributed by atoms with Gasteiger partial charge in [0.1, 0.15) is 6.10 Å². The minimum Gasteiger partial charge on any atom is -0.414 e. The average Bonchev–Trinajstić information content (AvgIpc) is 3.16. The molecule has 0 aliphatic heterocycles. The quantitative estimate of drug-likeness (QED) is 0.237.